The summed E-state index contributed by atoms with van der Waals surface area (Å²) in [5.74, 6) is 0.412. The molecule has 0 aromatic carbocycles. The van der Waals surface area contributed by atoms with Gasteiger partial charge in [0, 0.05) is 49.9 Å². The van der Waals surface area contributed by atoms with Crippen LogP contribution in [-0.2, 0) is 11.3 Å². The van der Waals surface area contributed by atoms with E-state index in [9.17, 15) is 9.59 Å². The molecule has 3 rings (SSSR count). The number of aryl methyl sites for hydroxylation is 2. The van der Waals surface area contributed by atoms with Gasteiger partial charge in [-0.1, -0.05) is 6.07 Å². The van der Waals surface area contributed by atoms with Gasteiger partial charge in [-0.05, 0) is 31.9 Å². The van der Waals surface area contributed by atoms with Crippen LogP contribution in [0.5, 0.6) is 0 Å². The zero-order valence-corrected chi connectivity index (χ0v) is 13.4. The number of nitrogens with one attached hydrogen (secondary N) is 1. The number of rotatable bonds is 4. The number of likely N-dealkylation sites (tertiary alicyclic amines) is 1. The quantitative estimate of drug-likeness (QED) is 0.933. The second-order valence-corrected chi connectivity index (χ2v) is 6.14. The van der Waals surface area contributed by atoms with Crippen molar-refractivity contribution in [2.75, 3.05) is 13.1 Å². The normalized spacial score (nSPS) is 18.1. The van der Waals surface area contributed by atoms with Gasteiger partial charge in [0.15, 0.2) is 0 Å². The highest BCUT2D eigenvalue weighted by molar-refractivity contribution is 5.76. The molecule has 6 nitrogen and oxygen atoms in total. The second kappa shape index (κ2) is 6.81. The van der Waals surface area contributed by atoms with Crippen molar-refractivity contribution in [2.24, 2.45) is 0 Å². The fourth-order valence-corrected chi connectivity index (χ4v) is 3.11. The minimum absolute atomic E-state index is 0.0659. The smallest absolute Gasteiger partial charge is 0.250 e. The molecule has 0 spiro atoms. The highest BCUT2D eigenvalue weighted by Gasteiger charge is 2.25. The molecule has 1 amide bonds. The van der Waals surface area contributed by atoms with E-state index in [1.807, 2.05) is 17.9 Å². The standard InChI is InChI=1S/C17H22N4O2/c1-13-11-15(19-18-13)14-5-4-9-21(12-14)17(23)7-10-20-8-3-2-6-16(20)22/h2-3,6,8,11,14H,4-5,7,9-10,12H2,1H3,(H,18,19). The summed E-state index contributed by atoms with van der Waals surface area (Å²) in [6.07, 6.45) is 4.14. The molecule has 1 N–H and O–H groups in total. The van der Waals surface area contributed by atoms with Gasteiger partial charge in [0.05, 0.1) is 5.69 Å². The average molecular weight is 314 g/mol. The Morgan fingerprint density at radius 3 is 3.04 bits per heavy atom. The number of aromatic amines is 1. The lowest BCUT2D eigenvalue weighted by atomic mass is 9.94. The summed E-state index contributed by atoms with van der Waals surface area (Å²) < 4.78 is 1.58. The van der Waals surface area contributed by atoms with Gasteiger partial charge in [0.2, 0.25) is 5.91 Å². The second-order valence-electron chi connectivity index (χ2n) is 6.14. The molecule has 2 aromatic heterocycles. The lowest BCUT2D eigenvalue weighted by molar-refractivity contribution is -0.132. The molecule has 1 unspecified atom stereocenters. The molecule has 1 aliphatic heterocycles. The molecule has 2 aromatic rings. The fraction of sp³-hybridized carbons (Fsp3) is 0.471. The van der Waals surface area contributed by atoms with E-state index in [4.69, 9.17) is 0 Å². The lowest BCUT2D eigenvalue weighted by Crippen LogP contribution is -2.39. The van der Waals surface area contributed by atoms with E-state index in [1.165, 1.54) is 6.07 Å². The average Bonchev–Trinajstić information content (AvgIpc) is 3.00. The van der Waals surface area contributed by atoms with Crippen molar-refractivity contribution in [3.8, 4) is 0 Å². The third-order valence-corrected chi connectivity index (χ3v) is 4.38. The molecule has 1 fully saturated rings. The number of hydrogen-bond donors (Lipinski definition) is 1. The first-order valence-corrected chi connectivity index (χ1v) is 8.08. The zero-order chi connectivity index (χ0) is 16.2. The summed E-state index contributed by atoms with van der Waals surface area (Å²) in [4.78, 5) is 26.0. The SMILES string of the molecule is Cc1cc(C2CCCN(C(=O)CCn3ccccc3=O)C2)n[nH]1. The van der Waals surface area contributed by atoms with E-state index in [0.717, 1.165) is 30.8 Å². The van der Waals surface area contributed by atoms with Crippen LogP contribution in [0.3, 0.4) is 0 Å². The number of piperidine rings is 1. The number of nitrogens with zero attached hydrogens (tertiary/aromatic N) is 3. The van der Waals surface area contributed by atoms with Crippen LogP contribution in [0, 0.1) is 6.92 Å². The molecule has 6 heteroatoms. The molecule has 0 bridgehead atoms. The zero-order valence-electron chi connectivity index (χ0n) is 13.4. The molecular weight excluding hydrogens is 292 g/mol. The topological polar surface area (TPSA) is 71.0 Å². The van der Waals surface area contributed by atoms with Crippen LogP contribution in [0.4, 0.5) is 0 Å². The van der Waals surface area contributed by atoms with Crippen LogP contribution in [-0.4, -0.2) is 38.7 Å². The number of hydrogen-bond acceptors (Lipinski definition) is 3. The van der Waals surface area contributed by atoms with Gasteiger partial charge < -0.3 is 9.47 Å². The van der Waals surface area contributed by atoms with Crippen molar-refractivity contribution in [1.29, 1.82) is 0 Å². The number of carbonyl (C=O) groups excluding carboxylic acids is 1. The third-order valence-electron chi connectivity index (χ3n) is 4.38. The van der Waals surface area contributed by atoms with E-state index >= 15 is 0 Å². The Balaban J connectivity index is 1.59. The maximum absolute atomic E-state index is 12.4. The first-order chi connectivity index (χ1) is 11.1. The monoisotopic (exact) mass is 314 g/mol. The summed E-state index contributed by atoms with van der Waals surface area (Å²) in [5.41, 5.74) is 2.02. The number of H-pyrrole nitrogens is 1. The minimum atomic E-state index is -0.0659. The van der Waals surface area contributed by atoms with Crippen LogP contribution in [0.1, 0.15) is 36.6 Å². The molecule has 1 aliphatic rings. The molecule has 1 saturated heterocycles. The van der Waals surface area contributed by atoms with Crippen LogP contribution in [0.25, 0.3) is 0 Å². The highest BCUT2D eigenvalue weighted by atomic mass is 16.2. The molecule has 23 heavy (non-hydrogen) atoms. The van der Waals surface area contributed by atoms with Gasteiger partial charge >= 0.3 is 0 Å². The van der Waals surface area contributed by atoms with Crippen LogP contribution in [0.2, 0.25) is 0 Å². The van der Waals surface area contributed by atoms with Crippen molar-refractivity contribution in [2.45, 2.75) is 38.6 Å². The molecule has 0 aliphatic carbocycles. The van der Waals surface area contributed by atoms with Crippen molar-refractivity contribution in [1.82, 2.24) is 19.7 Å². The van der Waals surface area contributed by atoms with Crippen LogP contribution in [0.15, 0.2) is 35.3 Å². The Kier molecular flexibility index (Phi) is 4.60. The number of amides is 1. The summed E-state index contributed by atoms with van der Waals surface area (Å²) in [7, 11) is 0. The van der Waals surface area contributed by atoms with Crippen molar-refractivity contribution < 1.29 is 4.79 Å². The predicted octanol–water partition coefficient (Wildman–Crippen LogP) is 1.68. The summed E-state index contributed by atoms with van der Waals surface area (Å²) in [5, 5.41) is 7.30. The van der Waals surface area contributed by atoms with E-state index in [1.54, 1.807) is 16.8 Å². The number of carbonyl (C=O) groups is 1. The first kappa shape index (κ1) is 15.5. The van der Waals surface area contributed by atoms with Crippen LogP contribution < -0.4 is 5.56 Å². The molecular formula is C17H22N4O2. The summed E-state index contributed by atoms with van der Waals surface area (Å²) in [6.45, 7) is 3.93. The molecule has 122 valence electrons. The van der Waals surface area contributed by atoms with Gasteiger partial charge in [-0.2, -0.15) is 5.10 Å². The Bertz CT molecular complexity index is 734. The Morgan fingerprint density at radius 1 is 1.43 bits per heavy atom. The first-order valence-electron chi connectivity index (χ1n) is 8.08. The van der Waals surface area contributed by atoms with Gasteiger partial charge in [-0.3, -0.25) is 14.7 Å². The predicted molar refractivity (Wildman–Crippen MR) is 87.2 cm³/mol. The number of aromatic nitrogens is 3. The Labute approximate surface area is 135 Å². The summed E-state index contributed by atoms with van der Waals surface area (Å²) >= 11 is 0. The summed E-state index contributed by atoms with van der Waals surface area (Å²) in [6, 6.07) is 7.09. The van der Waals surface area contributed by atoms with Gasteiger partial charge in [0.1, 0.15) is 0 Å². The Morgan fingerprint density at radius 2 is 2.30 bits per heavy atom. The van der Waals surface area contributed by atoms with Crippen molar-refractivity contribution in [3.63, 3.8) is 0 Å². The largest absolute Gasteiger partial charge is 0.342 e. The van der Waals surface area contributed by atoms with E-state index in [-0.39, 0.29) is 11.5 Å². The molecule has 0 saturated carbocycles. The maximum atomic E-state index is 12.4. The molecule has 3 heterocycles. The van der Waals surface area contributed by atoms with Gasteiger partial charge in [-0.25, -0.2) is 0 Å². The van der Waals surface area contributed by atoms with Gasteiger partial charge in [-0.15, -0.1) is 0 Å². The maximum Gasteiger partial charge on any atom is 0.250 e. The molecule has 1 atom stereocenters. The van der Waals surface area contributed by atoms with E-state index in [0.29, 0.717) is 25.4 Å². The number of pyridine rings is 1. The third kappa shape index (κ3) is 3.70. The van der Waals surface area contributed by atoms with Crippen molar-refractivity contribution in [3.05, 3.63) is 52.2 Å². The van der Waals surface area contributed by atoms with Gasteiger partial charge in [0.25, 0.3) is 5.56 Å². The Hall–Kier alpha value is -2.37. The lowest BCUT2D eigenvalue weighted by Gasteiger charge is -2.32. The minimum Gasteiger partial charge on any atom is -0.342 e. The fourth-order valence-electron chi connectivity index (χ4n) is 3.11. The van der Waals surface area contributed by atoms with E-state index < -0.39 is 0 Å². The molecule has 0 radical (unpaired) electrons. The highest BCUT2D eigenvalue weighted by Crippen LogP contribution is 2.26. The van der Waals surface area contributed by atoms with E-state index in [2.05, 4.69) is 16.3 Å². The van der Waals surface area contributed by atoms with Crippen LogP contribution >= 0.6 is 0 Å². The van der Waals surface area contributed by atoms with Crippen molar-refractivity contribution >= 4 is 5.91 Å².